The quantitative estimate of drug-likeness (QED) is 0.546. The Labute approximate surface area is 162 Å². The van der Waals surface area contributed by atoms with Gasteiger partial charge in [-0.2, -0.15) is 0 Å². The molecular formula is C18H21N3O6S. The summed E-state index contributed by atoms with van der Waals surface area (Å²) in [6.45, 7) is 1.39. The molecule has 0 saturated heterocycles. The van der Waals surface area contributed by atoms with E-state index in [0.717, 1.165) is 0 Å². The lowest BCUT2D eigenvalue weighted by Gasteiger charge is -2.13. The number of hydrogen-bond acceptors (Lipinski definition) is 6. The van der Waals surface area contributed by atoms with Crippen molar-refractivity contribution in [3.05, 3.63) is 47.5 Å². The highest BCUT2D eigenvalue weighted by Gasteiger charge is 2.17. The van der Waals surface area contributed by atoms with E-state index >= 15 is 0 Å². The molecule has 0 aliphatic heterocycles. The highest BCUT2D eigenvalue weighted by molar-refractivity contribution is 7.89. The minimum atomic E-state index is -3.97. The first-order chi connectivity index (χ1) is 13.2. The molecule has 28 heavy (non-hydrogen) atoms. The largest absolute Gasteiger partial charge is 0.495 e. The van der Waals surface area contributed by atoms with Crippen molar-refractivity contribution in [2.45, 2.75) is 24.8 Å². The number of rotatable bonds is 7. The van der Waals surface area contributed by atoms with Gasteiger partial charge in [-0.05, 0) is 24.3 Å². The van der Waals surface area contributed by atoms with Crippen LogP contribution in [-0.4, -0.2) is 32.4 Å². The van der Waals surface area contributed by atoms with Crippen LogP contribution in [0.25, 0.3) is 0 Å². The van der Waals surface area contributed by atoms with E-state index in [2.05, 4.69) is 10.6 Å². The Morgan fingerprint density at radius 1 is 1.14 bits per heavy atom. The van der Waals surface area contributed by atoms with Gasteiger partial charge in [0.25, 0.3) is 5.91 Å². The fraction of sp³-hybridized carbons (Fsp3) is 0.222. The highest BCUT2D eigenvalue weighted by Crippen LogP contribution is 2.27. The third kappa shape index (κ3) is 5.06. The third-order valence-electron chi connectivity index (χ3n) is 3.87. The van der Waals surface area contributed by atoms with Crippen LogP contribution in [0.3, 0.4) is 0 Å². The van der Waals surface area contributed by atoms with E-state index in [9.17, 15) is 23.1 Å². The van der Waals surface area contributed by atoms with Crippen LogP contribution in [-0.2, 0) is 21.4 Å². The molecule has 0 heterocycles. The zero-order valence-electron chi connectivity index (χ0n) is 15.4. The van der Waals surface area contributed by atoms with E-state index in [1.807, 2.05) is 0 Å². The molecule has 0 spiro atoms. The van der Waals surface area contributed by atoms with Gasteiger partial charge in [0, 0.05) is 35.0 Å². The van der Waals surface area contributed by atoms with E-state index in [0.29, 0.717) is 16.9 Å². The fourth-order valence-electron chi connectivity index (χ4n) is 2.39. The van der Waals surface area contributed by atoms with Crippen molar-refractivity contribution in [3.63, 3.8) is 0 Å². The maximum Gasteiger partial charge on any atom is 0.255 e. The van der Waals surface area contributed by atoms with Gasteiger partial charge in [-0.3, -0.25) is 9.59 Å². The van der Waals surface area contributed by atoms with Crippen LogP contribution < -0.4 is 20.5 Å². The summed E-state index contributed by atoms with van der Waals surface area (Å²) in [6, 6.07) is 8.42. The van der Waals surface area contributed by atoms with Crippen molar-refractivity contribution in [2.75, 3.05) is 17.7 Å². The second kappa shape index (κ2) is 8.83. The number of nitrogens with two attached hydrogens (primary N) is 1. The van der Waals surface area contributed by atoms with Gasteiger partial charge in [0.05, 0.1) is 13.7 Å². The van der Waals surface area contributed by atoms with Crippen molar-refractivity contribution < 1.29 is 27.9 Å². The molecule has 0 atom stereocenters. The van der Waals surface area contributed by atoms with Crippen LogP contribution in [0, 0.1) is 0 Å². The van der Waals surface area contributed by atoms with Gasteiger partial charge >= 0.3 is 0 Å². The normalized spacial score (nSPS) is 11.0. The summed E-state index contributed by atoms with van der Waals surface area (Å²) in [4.78, 5) is 24.0. The van der Waals surface area contributed by atoms with E-state index in [4.69, 9.17) is 9.88 Å². The molecule has 2 amide bonds. The van der Waals surface area contributed by atoms with Gasteiger partial charge in [-0.25, -0.2) is 13.6 Å². The maximum atomic E-state index is 12.5. The summed E-state index contributed by atoms with van der Waals surface area (Å²) in [5, 5.41) is 19.8. The number of aliphatic hydroxyl groups excluding tert-OH is 1. The Balaban J connectivity index is 2.30. The molecule has 2 rings (SSSR count). The Morgan fingerprint density at radius 3 is 2.43 bits per heavy atom. The number of hydrogen-bond donors (Lipinski definition) is 4. The number of sulfonamides is 1. The van der Waals surface area contributed by atoms with E-state index in [1.54, 1.807) is 6.92 Å². The van der Waals surface area contributed by atoms with Gasteiger partial charge in [0.1, 0.15) is 10.6 Å². The minimum Gasteiger partial charge on any atom is -0.495 e. The van der Waals surface area contributed by atoms with Gasteiger partial charge in [0.15, 0.2) is 0 Å². The van der Waals surface area contributed by atoms with E-state index in [1.165, 1.54) is 43.5 Å². The number of benzene rings is 2. The molecule has 0 saturated carbocycles. The Kier molecular flexibility index (Phi) is 6.73. The molecule has 2 aromatic carbocycles. The second-order valence-electron chi connectivity index (χ2n) is 5.80. The first-order valence-corrected chi connectivity index (χ1v) is 9.80. The maximum absolute atomic E-state index is 12.5. The first-order valence-electron chi connectivity index (χ1n) is 8.25. The zero-order valence-corrected chi connectivity index (χ0v) is 16.2. The molecule has 5 N–H and O–H groups in total. The summed E-state index contributed by atoms with van der Waals surface area (Å²) in [6.07, 6.45) is 0.248. The lowest BCUT2D eigenvalue weighted by Crippen LogP contribution is -2.16. The van der Waals surface area contributed by atoms with Gasteiger partial charge in [0.2, 0.25) is 15.9 Å². The number of amides is 2. The number of aliphatic hydroxyl groups is 1. The molecule has 0 aliphatic rings. The van der Waals surface area contributed by atoms with E-state index < -0.39 is 15.9 Å². The average Bonchev–Trinajstić information content (AvgIpc) is 2.66. The fourth-order valence-corrected chi connectivity index (χ4v) is 3.07. The SMILES string of the molecule is CCC(=O)Nc1cc(C(=O)Nc2ccc(S(N)(=O)=O)c(OC)c2)ccc1CO. The molecule has 0 bridgehead atoms. The lowest BCUT2D eigenvalue weighted by molar-refractivity contribution is -0.115. The number of carbonyl (C=O) groups is 2. The summed E-state index contributed by atoms with van der Waals surface area (Å²) in [7, 11) is -2.69. The molecule has 0 fully saturated rings. The standard InChI is InChI=1S/C18H21N3O6S/c1-3-17(23)21-14-8-11(4-5-12(14)10-22)18(24)20-13-6-7-16(28(19,25)26)15(9-13)27-2/h4-9,22H,3,10H2,1-2H3,(H,20,24)(H,21,23)(H2,19,25,26). The molecule has 0 aromatic heterocycles. The zero-order chi connectivity index (χ0) is 20.9. The number of primary sulfonamides is 1. The monoisotopic (exact) mass is 407 g/mol. The number of methoxy groups -OCH3 is 1. The van der Waals surface area contributed by atoms with Crippen LogP contribution in [0.4, 0.5) is 11.4 Å². The molecule has 2 aromatic rings. The van der Waals surface area contributed by atoms with Gasteiger partial charge < -0.3 is 20.5 Å². The van der Waals surface area contributed by atoms with Crippen LogP contribution in [0.2, 0.25) is 0 Å². The van der Waals surface area contributed by atoms with E-state index in [-0.39, 0.29) is 35.1 Å². The predicted octanol–water partition coefficient (Wildman–Crippen LogP) is 1.44. The molecule has 9 nitrogen and oxygen atoms in total. The molecule has 10 heteroatoms. The first kappa shape index (κ1) is 21.4. The smallest absolute Gasteiger partial charge is 0.255 e. The second-order valence-corrected chi connectivity index (χ2v) is 7.33. The van der Waals surface area contributed by atoms with Crippen molar-refractivity contribution in [2.24, 2.45) is 5.14 Å². The number of carbonyl (C=O) groups excluding carboxylic acids is 2. The van der Waals surface area contributed by atoms with Gasteiger partial charge in [-0.1, -0.05) is 13.0 Å². The average molecular weight is 407 g/mol. The van der Waals surface area contributed by atoms with Gasteiger partial charge in [-0.15, -0.1) is 0 Å². The molecule has 0 unspecified atom stereocenters. The lowest BCUT2D eigenvalue weighted by atomic mass is 10.1. The number of anilines is 2. The molecular weight excluding hydrogens is 386 g/mol. The Hall–Kier alpha value is -2.95. The van der Waals surface area contributed by atoms with Crippen LogP contribution in [0.15, 0.2) is 41.3 Å². The molecule has 0 aliphatic carbocycles. The topological polar surface area (TPSA) is 148 Å². The van der Waals surface area contributed by atoms with Crippen molar-refractivity contribution in [1.29, 1.82) is 0 Å². The van der Waals surface area contributed by atoms with Crippen LogP contribution in [0.5, 0.6) is 5.75 Å². The third-order valence-corrected chi connectivity index (χ3v) is 4.82. The minimum absolute atomic E-state index is 0.00757. The summed E-state index contributed by atoms with van der Waals surface area (Å²) in [5.41, 5.74) is 1.33. The number of nitrogens with one attached hydrogen (secondary N) is 2. The Bertz CT molecular complexity index is 1000. The highest BCUT2D eigenvalue weighted by atomic mass is 32.2. The predicted molar refractivity (Wildman–Crippen MR) is 104 cm³/mol. The Morgan fingerprint density at radius 2 is 1.86 bits per heavy atom. The van der Waals surface area contributed by atoms with Crippen LogP contribution >= 0.6 is 0 Å². The molecule has 150 valence electrons. The number of ether oxygens (including phenoxy) is 1. The summed E-state index contributed by atoms with van der Waals surface area (Å²) >= 11 is 0. The van der Waals surface area contributed by atoms with Crippen LogP contribution in [0.1, 0.15) is 29.3 Å². The van der Waals surface area contributed by atoms with Crippen molar-refractivity contribution in [1.82, 2.24) is 0 Å². The summed E-state index contributed by atoms with van der Waals surface area (Å²) < 4.78 is 28.1. The van der Waals surface area contributed by atoms with Crippen molar-refractivity contribution in [3.8, 4) is 5.75 Å². The summed E-state index contributed by atoms with van der Waals surface area (Å²) in [5.74, 6) is -0.760. The van der Waals surface area contributed by atoms with Crippen molar-refractivity contribution >= 4 is 33.2 Å². The molecule has 0 radical (unpaired) electrons.